The molecule has 122 valence electrons. The van der Waals surface area contributed by atoms with Gasteiger partial charge in [0.25, 0.3) is 5.69 Å². The number of imidazole rings is 1. The summed E-state index contributed by atoms with van der Waals surface area (Å²) in [5.74, 6) is -0.333. The lowest BCUT2D eigenvalue weighted by atomic mass is 10.2. The van der Waals surface area contributed by atoms with Crippen molar-refractivity contribution in [3.8, 4) is 0 Å². The summed E-state index contributed by atoms with van der Waals surface area (Å²) in [6, 6.07) is 7.31. The van der Waals surface area contributed by atoms with E-state index in [-0.39, 0.29) is 23.0 Å². The minimum Gasteiger partial charge on any atom is -0.324 e. The minimum atomic E-state index is -0.556. The molecule has 1 N–H and O–H groups in total. The highest BCUT2D eigenvalue weighted by Gasteiger charge is 2.13. The molecule has 2 heterocycles. The molecule has 0 aliphatic heterocycles. The first-order valence-electron chi connectivity index (χ1n) is 6.79. The third-order valence-electron chi connectivity index (χ3n) is 3.24. The molecular formula is C15H10Cl2N4O3. The van der Waals surface area contributed by atoms with Gasteiger partial charge in [-0.2, -0.15) is 0 Å². The number of rotatable bonds is 4. The number of amides is 1. The Labute approximate surface area is 146 Å². The SMILES string of the molecule is O=C(Cc1cn2cc(Cl)ccc2n1)Nc1ccc([N+](=O)[O-])cc1Cl. The Morgan fingerprint density at radius 3 is 2.75 bits per heavy atom. The van der Waals surface area contributed by atoms with Gasteiger partial charge in [0.15, 0.2) is 0 Å². The number of hydrogen-bond donors (Lipinski definition) is 1. The smallest absolute Gasteiger partial charge is 0.271 e. The van der Waals surface area contributed by atoms with Gasteiger partial charge in [0, 0.05) is 24.5 Å². The Bertz CT molecular complexity index is 955. The summed E-state index contributed by atoms with van der Waals surface area (Å²) in [5, 5.41) is 13.9. The largest absolute Gasteiger partial charge is 0.324 e. The van der Waals surface area contributed by atoms with Crippen LogP contribution in [0.4, 0.5) is 11.4 Å². The van der Waals surface area contributed by atoms with Gasteiger partial charge in [-0.25, -0.2) is 4.98 Å². The molecule has 0 unspecified atom stereocenters. The van der Waals surface area contributed by atoms with Crippen LogP contribution in [-0.4, -0.2) is 20.2 Å². The van der Waals surface area contributed by atoms with E-state index in [1.807, 2.05) is 0 Å². The molecule has 0 fully saturated rings. The number of benzene rings is 1. The Morgan fingerprint density at radius 1 is 1.25 bits per heavy atom. The highest BCUT2D eigenvalue weighted by molar-refractivity contribution is 6.34. The molecule has 0 atom stereocenters. The standard InChI is InChI=1S/C15H10Cl2N4O3/c16-9-1-4-14-18-10(8-20(14)7-9)5-15(22)19-13-3-2-11(21(23)24)6-12(13)17/h1-4,6-8H,5H2,(H,19,22). The van der Waals surface area contributed by atoms with Crippen molar-refractivity contribution < 1.29 is 9.72 Å². The molecule has 3 rings (SSSR count). The van der Waals surface area contributed by atoms with Gasteiger partial charge in [0.2, 0.25) is 5.91 Å². The number of pyridine rings is 1. The van der Waals surface area contributed by atoms with Gasteiger partial charge in [-0.05, 0) is 18.2 Å². The quantitative estimate of drug-likeness (QED) is 0.564. The number of carbonyl (C=O) groups is 1. The number of fused-ring (bicyclic) bond motifs is 1. The summed E-state index contributed by atoms with van der Waals surface area (Å²) in [4.78, 5) is 26.6. The third-order valence-corrected chi connectivity index (χ3v) is 3.78. The van der Waals surface area contributed by atoms with Crippen LogP contribution in [0.5, 0.6) is 0 Å². The molecule has 0 saturated carbocycles. The highest BCUT2D eigenvalue weighted by Crippen LogP contribution is 2.26. The highest BCUT2D eigenvalue weighted by atomic mass is 35.5. The van der Waals surface area contributed by atoms with Gasteiger partial charge in [0.1, 0.15) is 5.65 Å². The fraction of sp³-hybridized carbons (Fsp3) is 0.0667. The maximum atomic E-state index is 12.1. The Hall–Kier alpha value is -2.64. The van der Waals surface area contributed by atoms with Gasteiger partial charge in [0.05, 0.1) is 32.8 Å². The van der Waals surface area contributed by atoms with Crippen LogP contribution in [0.15, 0.2) is 42.7 Å². The van der Waals surface area contributed by atoms with Crippen molar-refractivity contribution in [3.05, 3.63) is 68.6 Å². The zero-order valence-corrected chi connectivity index (χ0v) is 13.6. The van der Waals surface area contributed by atoms with Crippen molar-refractivity contribution in [2.45, 2.75) is 6.42 Å². The maximum Gasteiger partial charge on any atom is 0.271 e. The summed E-state index contributed by atoms with van der Waals surface area (Å²) < 4.78 is 1.73. The van der Waals surface area contributed by atoms with E-state index in [9.17, 15) is 14.9 Å². The Kier molecular flexibility index (Phi) is 4.37. The topological polar surface area (TPSA) is 89.5 Å². The number of anilines is 1. The average Bonchev–Trinajstić information content (AvgIpc) is 2.90. The number of nitro benzene ring substituents is 1. The fourth-order valence-electron chi connectivity index (χ4n) is 2.18. The lowest BCUT2D eigenvalue weighted by Gasteiger charge is -2.06. The van der Waals surface area contributed by atoms with Crippen LogP contribution in [0.1, 0.15) is 5.69 Å². The first-order valence-corrected chi connectivity index (χ1v) is 7.55. The third kappa shape index (κ3) is 3.47. The number of nitrogens with zero attached hydrogens (tertiary/aromatic N) is 3. The monoisotopic (exact) mass is 364 g/mol. The van der Waals surface area contributed by atoms with Gasteiger partial charge in [-0.1, -0.05) is 23.2 Å². The van der Waals surface area contributed by atoms with Crippen LogP contribution in [-0.2, 0) is 11.2 Å². The van der Waals surface area contributed by atoms with E-state index in [4.69, 9.17) is 23.2 Å². The van der Waals surface area contributed by atoms with Crippen molar-refractivity contribution in [2.24, 2.45) is 0 Å². The molecule has 0 radical (unpaired) electrons. The molecule has 0 saturated heterocycles. The summed E-state index contributed by atoms with van der Waals surface area (Å²) >= 11 is 11.9. The molecule has 3 aromatic rings. The van der Waals surface area contributed by atoms with Gasteiger partial charge >= 0.3 is 0 Å². The lowest BCUT2D eigenvalue weighted by molar-refractivity contribution is -0.384. The van der Waals surface area contributed by atoms with E-state index in [0.29, 0.717) is 22.1 Å². The molecule has 7 nitrogen and oxygen atoms in total. The molecule has 24 heavy (non-hydrogen) atoms. The molecule has 9 heteroatoms. The Balaban J connectivity index is 1.74. The van der Waals surface area contributed by atoms with Gasteiger partial charge in [-0.15, -0.1) is 0 Å². The van der Waals surface area contributed by atoms with Crippen LogP contribution in [0.3, 0.4) is 0 Å². The van der Waals surface area contributed by atoms with Crippen molar-refractivity contribution in [1.82, 2.24) is 9.38 Å². The number of non-ortho nitro benzene ring substituents is 1. The average molecular weight is 365 g/mol. The first kappa shape index (κ1) is 16.2. The van der Waals surface area contributed by atoms with E-state index < -0.39 is 4.92 Å². The van der Waals surface area contributed by atoms with Crippen LogP contribution in [0, 0.1) is 10.1 Å². The van der Waals surface area contributed by atoms with E-state index in [0.717, 1.165) is 0 Å². The van der Waals surface area contributed by atoms with E-state index >= 15 is 0 Å². The fourth-order valence-corrected chi connectivity index (χ4v) is 2.57. The van der Waals surface area contributed by atoms with E-state index in [2.05, 4.69) is 10.3 Å². The second-order valence-electron chi connectivity index (χ2n) is 4.99. The predicted molar refractivity (Wildman–Crippen MR) is 90.6 cm³/mol. The number of halogens is 2. The molecule has 0 bridgehead atoms. The molecule has 2 aromatic heterocycles. The number of nitrogens with one attached hydrogen (secondary N) is 1. The van der Waals surface area contributed by atoms with Crippen LogP contribution in [0.25, 0.3) is 5.65 Å². The first-order chi connectivity index (χ1) is 11.4. The summed E-state index contributed by atoms with van der Waals surface area (Å²) in [7, 11) is 0. The molecule has 0 spiro atoms. The molecule has 1 aromatic carbocycles. The second kappa shape index (κ2) is 6.46. The number of nitro groups is 1. The van der Waals surface area contributed by atoms with Crippen LogP contribution < -0.4 is 5.32 Å². The van der Waals surface area contributed by atoms with Crippen LogP contribution >= 0.6 is 23.2 Å². The van der Waals surface area contributed by atoms with E-state index in [1.165, 1.54) is 18.2 Å². The maximum absolute atomic E-state index is 12.1. The van der Waals surface area contributed by atoms with Gasteiger partial charge in [-0.3, -0.25) is 14.9 Å². The molecular weight excluding hydrogens is 355 g/mol. The van der Waals surface area contributed by atoms with Crippen molar-refractivity contribution >= 4 is 46.1 Å². The summed E-state index contributed by atoms with van der Waals surface area (Å²) in [6.07, 6.45) is 3.43. The van der Waals surface area contributed by atoms with Crippen molar-refractivity contribution in [1.29, 1.82) is 0 Å². The number of hydrogen-bond acceptors (Lipinski definition) is 4. The second-order valence-corrected chi connectivity index (χ2v) is 5.83. The zero-order valence-electron chi connectivity index (χ0n) is 12.1. The van der Waals surface area contributed by atoms with Gasteiger partial charge < -0.3 is 9.72 Å². The lowest BCUT2D eigenvalue weighted by Crippen LogP contribution is -2.14. The van der Waals surface area contributed by atoms with E-state index in [1.54, 1.807) is 28.9 Å². The molecule has 0 aliphatic rings. The normalized spacial score (nSPS) is 10.8. The predicted octanol–water partition coefficient (Wildman–Crippen LogP) is 3.73. The Morgan fingerprint density at radius 2 is 2.04 bits per heavy atom. The zero-order chi connectivity index (χ0) is 17.3. The minimum absolute atomic E-state index is 0.0343. The molecule has 1 amide bonds. The molecule has 0 aliphatic carbocycles. The van der Waals surface area contributed by atoms with Crippen LogP contribution in [0.2, 0.25) is 10.0 Å². The summed E-state index contributed by atoms with van der Waals surface area (Å²) in [6.45, 7) is 0. The number of aromatic nitrogens is 2. The number of carbonyl (C=O) groups excluding carboxylic acids is 1. The van der Waals surface area contributed by atoms with Crippen molar-refractivity contribution in [3.63, 3.8) is 0 Å². The summed E-state index contributed by atoms with van der Waals surface area (Å²) in [5.41, 5.74) is 1.40. The van der Waals surface area contributed by atoms with Crippen molar-refractivity contribution in [2.75, 3.05) is 5.32 Å².